The van der Waals surface area contributed by atoms with Crippen LogP contribution in [0.25, 0.3) is 0 Å². The number of amides is 2. The Labute approximate surface area is 94.6 Å². The van der Waals surface area contributed by atoms with Gasteiger partial charge in [-0.25, -0.2) is 0 Å². The number of carboxylic acids is 1. The number of carbonyl (C=O) groups is 3. The van der Waals surface area contributed by atoms with Gasteiger partial charge in [0, 0.05) is 20.0 Å². The number of nitrogens with zero attached hydrogens (tertiary/aromatic N) is 1. The predicted molar refractivity (Wildman–Crippen MR) is 57.8 cm³/mol. The maximum atomic E-state index is 11.7. The van der Waals surface area contributed by atoms with Crippen LogP contribution in [0.1, 0.15) is 27.2 Å². The fraction of sp³-hybridized carbons (Fsp3) is 0.700. The Kier molecular flexibility index (Phi) is 6.14. The van der Waals surface area contributed by atoms with E-state index in [-0.39, 0.29) is 24.8 Å². The van der Waals surface area contributed by atoms with Gasteiger partial charge in [0.1, 0.15) is 6.04 Å². The maximum absolute atomic E-state index is 11.7. The molecule has 0 spiro atoms. The monoisotopic (exact) mass is 230 g/mol. The summed E-state index contributed by atoms with van der Waals surface area (Å²) >= 11 is 0. The lowest BCUT2D eigenvalue weighted by molar-refractivity contribution is -0.139. The van der Waals surface area contributed by atoms with Crippen LogP contribution < -0.4 is 5.32 Å². The molecular weight excluding hydrogens is 212 g/mol. The van der Waals surface area contributed by atoms with E-state index in [9.17, 15) is 14.4 Å². The summed E-state index contributed by atoms with van der Waals surface area (Å²) < 4.78 is 0. The fourth-order valence-electron chi connectivity index (χ4n) is 1.30. The Balaban J connectivity index is 4.28. The third-order valence-corrected chi connectivity index (χ3v) is 2.08. The zero-order chi connectivity index (χ0) is 12.7. The van der Waals surface area contributed by atoms with Crippen LogP contribution in [0.5, 0.6) is 0 Å². The summed E-state index contributed by atoms with van der Waals surface area (Å²) in [4.78, 5) is 34.3. The second kappa shape index (κ2) is 6.81. The standard InChI is InChI=1S/C10H18N2O4/c1-4-12(6-5-9(14)15)10(16)7(2)11-8(3)13/h7H,4-6H2,1-3H3,(H,11,13)(H,14,15). The highest BCUT2D eigenvalue weighted by atomic mass is 16.4. The minimum atomic E-state index is -0.946. The van der Waals surface area contributed by atoms with Gasteiger partial charge in [-0.3, -0.25) is 14.4 Å². The Bertz CT molecular complexity index is 278. The quantitative estimate of drug-likeness (QED) is 0.663. The van der Waals surface area contributed by atoms with E-state index in [1.807, 2.05) is 0 Å². The van der Waals surface area contributed by atoms with Gasteiger partial charge in [-0.05, 0) is 13.8 Å². The molecule has 0 rings (SSSR count). The second-order valence-corrected chi connectivity index (χ2v) is 3.48. The van der Waals surface area contributed by atoms with Crippen LogP contribution in [0.4, 0.5) is 0 Å². The molecule has 92 valence electrons. The number of nitrogens with one attached hydrogen (secondary N) is 1. The van der Waals surface area contributed by atoms with Gasteiger partial charge in [-0.15, -0.1) is 0 Å². The zero-order valence-electron chi connectivity index (χ0n) is 9.82. The molecule has 16 heavy (non-hydrogen) atoms. The summed E-state index contributed by atoms with van der Waals surface area (Å²) in [6, 6.07) is -0.619. The van der Waals surface area contributed by atoms with Gasteiger partial charge in [-0.2, -0.15) is 0 Å². The van der Waals surface area contributed by atoms with Crippen LogP contribution >= 0.6 is 0 Å². The molecule has 0 fully saturated rings. The average Bonchev–Trinajstić information content (AvgIpc) is 2.16. The van der Waals surface area contributed by atoms with E-state index in [0.29, 0.717) is 6.54 Å². The summed E-state index contributed by atoms with van der Waals surface area (Å²) in [7, 11) is 0. The first-order valence-electron chi connectivity index (χ1n) is 5.16. The lowest BCUT2D eigenvalue weighted by Gasteiger charge is -2.24. The fourth-order valence-corrected chi connectivity index (χ4v) is 1.30. The first-order chi connectivity index (χ1) is 7.38. The Morgan fingerprint density at radius 1 is 1.38 bits per heavy atom. The molecule has 1 unspecified atom stereocenters. The number of rotatable bonds is 6. The smallest absolute Gasteiger partial charge is 0.305 e. The lowest BCUT2D eigenvalue weighted by atomic mass is 10.2. The minimum absolute atomic E-state index is 0.0909. The molecule has 6 heteroatoms. The van der Waals surface area contributed by atoms with Gasteiger partial charge in [-0.1, -0.05) is 0 Å². The zero-order valence-corrected chi connectivity index (χ0v) is 9.82. The van der Waals surface area contributed by atoms with Gasteiger partial charge in [0.15, 0.2) is 0 Å². The van der Waals surface area contributed by atoms with Crippen molar-refractivity contribution in [3.8, 4) is 0 Å². The van der Waals surface area contributed by atoms with Gasteiger partial charge in [0.25, 0.3) is 0 Å². The molecular formula is C10H18N2O4. The normalized spacial score (nSPS) is 11.7. The van der Waals surface area contributed by atoms with Crippen LogP contribution in [0.15, 0.2) is 0 Å². The van der Waals surface area contributed by atoms with E-state index < -0.39 is 12.0 Å². The minimum Gasteiger partial charge on any atom is -0.481 e. The highest BCUT2D eigenvalue weighted by Crippen LogP contribution is 1.97. The number of hydrogen-bond donors (Lipinski definition) is 2. The molecule has 0 bridgehead atoms. The van der Waals surface area contributed by atoms with E-state index in [0.717, 1.165) is 0 Å². The molecule has 0 aromatic heterocycles. The largest absolute Gasteiger partial charge is 0.481 e. The second-order valence-electron chi connectivity index (χ2n) is 3.48. The van der Waals surface area contributed by atoms with E-state index >= 15 is 0 Å². The van der Waals surface area contributed by atoms with Gasteiger partial charge < -0.3 is 15.3 Å². The molecule has 0 aliphatic carbocycles. The number of hydrogen-bond acceptors (Lipinski definition) is 3. The van der Waals surface area contributed by atoms with Crippen molar-refractivity contribution in [2.45, 2.75) is 33.2 Å². The van der Waals surface area contributed by atoms with Crippen molar-refractivity contribution in [2.75, 3.05) is 13.1 Å². The highest BCUT2D eigenvalue weighted by Gasteiger charge is 2.20. The van der Waals surface area contributed by atoms with Crippen LogP contribution in [0.3, 0.4) is 0 Å². The summed E-state index contributed by atoms with van der Waals surface area (Å²) in [5.74, 6) is -1.49. The molecule has 0 heterocycles. The third-order valence-electron chi connectivity index (χ3n) is 2.08. The highest BCUT2D eigenvalue weighted by molar-refractivity contribution is 5.86. The molecule has 2 N–H and O–H groups in total. The molecule has 2 amide bonds. The predicted octanol–water partition coefficient (Wildman–Crippen LogP) is -0.166. The maximum Gasteiger partial charge on any atom is 0.305 e. The molecule has 0 radical (unpaired) electrons. The Morgan fingerprint density at radius 3 is 2.31 bits per heavy atom. The van der Waals surface area contributed by atoms with Crippen LogP contribution in [-0.2, 0) is 14.4 Å². The summed E-state index contributed by atoms with van der Waals surface area (Å²) in [5.41, 5.74) is 0. The van der Waals surface area contributed by atoms with Gasteiger partial charge in [0.2, 0.25) is 11.8 Å². The molecule has 0 aromatic carbocycles. The van der Waals surface area contributed by atoms with Crippen molar-refractivity contribution < 1.29 is 19.5 Å². The summed E-state index contributed by atoms with van der Waals surface area (Å²) in [5, 5.41) is 11.0. The topological polar surface area (TPSA) is 86.7 Å². The Morgan fingerprint density at radius 2 is 1.94 bits per heavy atom. The molecule has 0 aliphatic rings. The first-order valence-corrected chi connectivity index (χ1v) is 5.16. The van der Waals surface area contributed by atoms with Crippen molar-refractivity contribution in [2.24, 2.45) is 0 Å². The average molecular weight is 230 g/mol. The SMILES string of the molecule is CCN(CCC(=O)O)C(=O)C(C)NC(C)=O. The summed E-state index contributed by atoms with van der Waals surface area (Å²) in [6.45, 7) is 5.26. The van der Waals surface area contributed by atoms with Gasteiger partial charge >= 0.3 is 5.97 Å². The van der Waals surface area contributed by atoms with Crippen LogP contribution in [-0.4, -0.2) is 46.9 Å². The lowest BCUT2D eigenvalue weighted by Crippen LogP contribution is -2.46. The molecule has 0 aromatic rings. The number of carbonyl (C=O) groups excluding carboxylic acids is 2. The Hall–Kier alpha value is -1.59. The summed E-state index contributed by atoms with van der Waals surface area (Å²) in [6.07, 6.45) is -0.0909. The van der Waals surface area contributed by atoms with E-state index in [4.69, 9.17) is 5.11 Å². The molecule has 0 saturated heterocycles. The van der Waals surface area contributed by atoms with Crippen molar-refractivity contribution in [1.29, 1.82) is 0 Å². The number of carboxylic acid groups (broad SMARTS) is 1. The molecule has 6 nitrogen and oxygen atoms in total. The third kappa shape index (κ3) is 5.33. The van der Waals surface area contributed by atoms with Crippen molar-refractivity contribution in [3.63, 3.8) is 0 Å². The van der Waals surface area contributed by atoms with Crippen LogP contribution in [0.2, 0.25) is 0 Å². The van der Waals surface area contributed by atoms with E-state index in [1.165, 1.54) is 11.8 Å². The van der Waals surface area contributed by atoms with E-state index in [1.54, 1.807) is 13.8 Å². The molecule has 1 atom stereocenters. The molecule has 0 aliphatic heterocycles. The van der Waals surface area contributed by atoms with Crippen molar-refractivity contribution in [3.05, 3.63) is 0 Å². The van der Waals surface area contributed by atoms with Crippen molar-refractivity contribution in [1.82, 2.24) is 10.2 Å². The number of aliphatic carboxylic acids is 1. The number of likely N-dealkylation sites (N-methyl/N-ethyl adjacent to an activating group) is 1. The molecule has 0 saturated carbocycles. The van der Waals surface area contributed by atoms with Gasteiger partial charge in [0.05, 0.1) is 6.42 Å². The van der Waals surface area contributed by atoms with Crippen LogP contribution in [0, 0.1) is 0 Å². The van der Waals surface area contributed by atoms with Crippen molar-refractivity contribution >= 4 is 17.8 Å². The van der Waals surface area contributed by atoms with E-state index in [2.05, 4.69) is 5.32 Å². The first kappa shape index (κ1) is 14.4.